The van der Waals surface area contributed by atoms with Crippen LogP contribution in [0.3, 0.4) is 0 Å². The van der Waals surface area contributed by atoms with E-state index in [0.717, 1.165) is 72.2 Å². The zero-order valence-electron chi connectivity index (χ0n) is 33.0. The van der Waals surface area contributed by atoms with Gasteiger partial charge in [-0.15, -0.1) is 0 Å². The molecule has 2 heterocycles. The SMILES string of the molecule is Cc1c(-c2ccccc2)nc2ccccc2c1-c1ccc(-c2ccc3ccccc3c2-c2cccc(-c3cccc(-c4nc5cc(-c6ccccc6)ccc5o4)c3)c2)cc1. The number of oxazole rings is 1. The molecular formula is C57H38N2O. The van der Waals surface area contributed by atoms with Gasteiger partial charge in [-0.1, -0.05) is 176 Å². The third-order valence-corrected chi connectivity index (χ3v) is 11.7. The van der Waals surface area contributed by atoms with Crippen LogP contribution in [0.2, 0.25) is 0 Å². The number of nitrogens with zero attached hydrogens (tertiary/aromatic N) is 2. The first kappa shape index (κ1) is 35.3. The van der Waals surface area contributed by atoms with Crippen molar-refractivity contribution in [2.24, 2.45) is 0 Å². The highest BCUT2D eigenvalue weighted by atomic mass is 16.3. The van der Waals surface area contributed by atoms with Crippen LogP contribution < -0.4 is 0 Å². The highest BCUT2D eigenvalue weighted by Gasteiger charge is 2.18. The van der Waals surface area contributed by atoms with E-state index in [1.807, 2.05) is 12.1 Å². The summed E-state index contributed by atoms with van der Waals surface area (Å²) in [6, 6.07) is 75.2. The van der Waals surface area contributed by atoms with Crippen molar-refractivity contribution in [2.75, 3.05) is 0 Å². The minimum atomic E-state index is 0.610. The second-order valence-electron chi connectivity index (χ2n) is 15.4. The van der Waals surface area contributed by atoms with Gasteiger partial charge in [-0.2, -0.15) is 0 Å². The van der Waals surface area contributed by atoms with Crippen molar-refractivity contribution in [3.63, 3.8) is 0 Å². The molecule has 0 saturated carbocycles. The predicted molar refractivity (Wildman–Crippen MR) is 250 cm³/mol. The molecule has 0 fully saturated rings. The van der Waals surface area contributed by atoms with Crippen molar-refractivity contribution < 1.29 is 4.42 Å². The standard InChI is InChI=1S/C57H38N2O/c1-37-54(50-24-10-11-25-51(50)58-56(37)42-17-6-3-7-18-42)41-28-26-40(27-29-41)49-32-30-39-16-8-9-23-48(39)55(49)46-21-12-19-43(34-46)44-20-13-22-47(35-44)57-59-52-36-45(31-33-53(52)60-57)38-14-4-2-5-15-38/h2-36H,1H3. The monoisotopic (exact) mass is 766 g/mol. The summed E-state index contributed by atoms with van der Waals surface area (Å²) >= 11 is 0. The molecule has 0 bridgehead atoms. The molecule has 0 unspecified atom stereocenters. The van der Waals surface area contributed by atoms with E-state index in [0.29, 0.717) is 5.89 Å². The Hall–Kier alpha value is -7.88. The van der Waals surface area contributed by atoms with Gasteiger partial charge in [0.2, 0.25) is 5.89 Å². The van der Waals surface area contributed by atoms with Crippen molar-refractivity contribution in [3.8, 4) is 78.3 Å². The fourth-order valence-corrected chi connectivity index (χ4v) is 8.74. The van der Waals surface area contributed by atoms with Gasteiger partial charge in [-0.05, 0) is 115 Å². The Morgan fingerprint density at radius 2 is 0.933 bits per heavy atom. The highest BCUT2D eigenvalue weighted by molar-refractivity contribution is 6.05. The molecule has 11 aromatic rings. The van der Waals surface area contributed by atoms with Crippen LogP contribution in [0.1, 0.15) is 5.56 Å². The van der Waals surface area contributed by atoms with Crippen molar-refractivity contribution >= 4 is 32.8 Å². The maximum Gasteiger partial charge on any atom is 0.227 e. The summed E-state index contributed by atoms with van der Waals surface area (Å²) in [6.07, 6.45) is 0. The second-order valence-corrected chi connectivity index (χ2v) is 15.4. The lowest BCUT2D eigenvalue weighted by Crippen LogP contribution is -1.95. The topological polar surface area (TPSA) is 38.9 Å². The van der Waals surface area contributed by atoms with Gasteiger partial charge in [0.1, 0.15) is 5.52 Å². The fourth-order valence-electron chi connectivity index (χ4n) is 8.74. The van der Waals surface area contributed by atoms with Crippen LogP contribution in [0.15, 0.2) is 217 Å². The number of fused-ring (bicyclic) bond motifs is 3. The first-order valence-electron chi connectivity index (χ1n) is 20.4. The first-order chi connectivity index (χ1) is 29.6. The van der Waals surface area contributed by atoms with Crippen molar-refractivity contribution in [1.82, 2.24) is 9.97 Å². The third-order valence-electron chi connectivity index (χ3n) is 11.7. The van der Waals surface area contributed by atoms with Crippen LogP contribution in [0.5, 0.6) is 0 Å². The molecule has 3 heteroatoms. The summed E-state index contributed by atoms with van der Waals surface area (Å²) in [5, 5.41) is 3.58. The average molecular weight is 767 g/mol. The Labute approximate surface area is 348 Å². The van der Waals surface area contributed by atoms with Gasteiger partial charge >= 0.3 is 0 Å². The molecule has 0 amide bonds. The Morgan fingerprint density at radius 1 is 0.350 bits per heavy atom. The molecule has 0 radical (unpaired) electrons. The molecule has 282 valence electrons. The summed E-state index contributed by atoms with van der Waals surface area (Å²) in [5.74, 6) is 0.610. The van der Waals surface area contributed by atoms with Gasteiger partial charge in [0.05, 0.1) is 11.2 Å². The Morgan fingerprint density at radius 3 is 1.72 bits per heavy atom. The number of hydrogen-bond donors (Lipinski definition) is 0. The Bertz CT molecular complexity index is 3370. The van der Waals surface area contributed by atoms with E-state index in [2.05, 4.69) is 207 Å². The number of benzene rings is 9. The van der Waals surface area contributed by atoms with Gasteiger partial charge in [0, 0.05) is 16.5 Å². The van der Waals surface area contributed by atoms with E-state index < -0.39 is 0 Å². The van der Waals surface area contributed by atoms with Gasteiger partial charge in [-0.25, -0.2) is 9.97 Å². The van der Waals surface area contributed by atoms with Crippen molar-refractivity contribution in [3.05, 3.63) is 218 Å². The van der Waals surface area contributed by atoms with Crippen LogP contribution >= 0.6 is 0 Å². The van der Waals surface area contributed by atoms with Gasteiger partial charge in [0.15, 0.2) is 5.58 Å². The highest BCUT2D eigenvalue weighted by Crippen LogP contribution is 2.42. The second kappa shape index (κ2) is 14.8. The van der Waals surface area contributed by atoms with Crippen LogP contribution in [0.4, 0.5) is 0 Å². The van der Waals surface area contributed by atoms with Gasteiger partial charge in [-0.3, -0.25) is 0 Å². The number of hydrogen-bond acceptors (Lipinski definition) is 3. The van der Waals surface area contributed by atoms with E-state index in [9.17, 15) is 0 Å². The van der Waals surface area contributed by atoms with Crippen molar-refractivity contribution in [2.45, 2.75) is 6.92 Å². The van der Waals surface area contributed by atoms with Gasteiger partial charge in [0.25, 0.3) is 0 Å². The molecule has 0 aliphatic carbocycles. The summed E-state index contributed by atoms with van der Waals surface area (Å²) in [4.78, 5) is 10.1. The summed E-state index contributed by atoms with van der Waals surface area (Å²) in [6.45, 7) is 2.20. The molecule has 0 atom stereocenters. The lowest BCUT2D eigenvalue weighted by molar-refractivity contribution is 0.620. The van der Waals surface area contributed by atoms with E-state index in [4.69, 9.17) is 14.4 Å². The summed E-state index contributed by atoms with van der Waals surface area (Å²) in [5.41, 5.74) is 18.5. The lowest BCUT2D eigenvalue weighted by atomic mass is 9.87. The Kier molecular flexibility index (Phi) is 8.71. The van der Waals surface area contributed by atoms with E-state index >= 15 is 0 Å². The molecule has 0 saturated heterocycles. The van der Waals surface area contributed by atoms with Crippen LogP contribution in [-0.4, -0.2) is 9.97 Å². The third kappa shape index (κ3) is 6.34. The Balaban J connectivity index is 0.978. The lowest BCUT2D eigenvalue weighted by Gasteiger charge is -2.17. The van der Waals surface area contributed by atoms with Crippen LogP contribution in [0.25, 0.3) is 111 Å². The van der Waals surface area contributed by atoms with Crippen molar-refractivity contribution in [1.29, 1.82) is 0 Å². The molecule has 0 aliphatic heterocycles. The van der Waals surface area contributed by atoms with E-state index in [1.165, 1.54) is 38.6 Å². The number of aromatic nitrogens is 2. The van der Waals surface area contributed by atoms with E-state index in [1.54, 1.807) is 0 Å². The number of rotatable bonds is 7. The maximum atomic E-state index is 6.32. The summed E-state index contributed by atoms with van der Waals surface area (Å²) < 4.78 is 6.32. The molecule has 0 N–H and O–H groups in total. The fraction of sp³-hybridized carbons (Fsp3) is 0.0175. The minimum absolute atomic E-state index is 0.610. The quantitative estimate of drug-likeness (QED) is 0.162. The molecule has 3 nitrogen and oxygen atoms in total. The average Bonchev–Trinajstić information content (AvgIpc) is 3.76. The van der Waals surface area contributed by atoms with Crippen LogP contribution in [-0.2, 0) is 0 Å². The number of para-hydroxylation sites is 1. The molecule has 9 aromatic carbocycles. The zero-order valence-corrected chi connectivity index (χ0v) is 33.0. The smallest absolute Gasteiger partial charge is 0.227 e. The molecule has 2 aromatic heterocycles. The molecule has 0 aliphatic rings. The normalized spacial score (nSPS) is 11.4. The maximum absolute atomic E-state index is 6.32. The zero-order chi connectivity index (χ0) is 40.0. The number of pyridine rings is 1. The molecule has 60 heavy (non-hydrogen) atoms. The summed E-state index contributed by atoms with van der Waals surface area (Å²) in [7, 11) is 0. The van der Waals surface area contributed by atoms with Crippen LogP contribution in [0, 0.1) is 6.92 Å². The molecule has 11 rings (SSSR count). The minimum Gasteiger partial charge on any atom is -0.436 e. The predicted octanol–water partition coefficient (Wildman–Crippen LogP) is 15.5. The van der Waals surface area contributed by atoms with E-state index in [-0.39, 0.29) is 0 Å². The first-order valence-corrected chi connectivity index (χ1v) is 20.4. The van der Waals surface area contributed by atoms with Gasteiger partial charge < -0.3 is 4.42 Å². The largest absolute Gasteiger partial charge is 0.436 e. The molecular weight excluding hydrogens is 729 g/mol. The molecule has 0 spiro atoms.